The van der Waals surface area contributed by atoms with E-state index in [1.165, 1.54) is 26.0 Å². The van der Waals surface area contributed by atoms with Crippen LogP contribution in [0, 0.1) is 11.3 Å². The molecule has 0 unspecified atom stereocenters. The first-order chi connectivity index (χ1) is 17.7. The molecule has 0 amide bonds. The molecule has 1 saturated heterocycles. The van der Waals surface area contributed by atoms with Gasteiger partial charge < -0.3 is 19.9 Å². The molecule has 2 aliphatic heterocycles. The van der Waals surface area contributed by atoms with E-state index < -0.39 is 0 Å². The highest BCUT2D eigenvalue weighted by Gasteiger charge is 2.22. The second-order valence-electron chi connectivity index (χ2n) is 8.45. The summed E-state index contributed by atoms with van der Waals surface area (Å²) in [6, 6.07) is 22.5. The van der Waals surface area contributed by atoms with E-state index in [-0.39, 0.29) is 5.56 Å². The molecule has 4 heterocycles. The highest BCUT2D eigenvalue weighted by Crippen LogP contribution is 2.52. The van der Waals surface area contributed by atoms with Gasteiger partial charge in [-0.15, -0.1) is 11.3 Å². The number of morpholine rings is 1. The molecule has 0 bridgehead atoms. The van der Waals surface area contributed by atoms with Crippen LogP contribution in [-0.2, 0) is 11.3 Å². The van der Waals surface area contributed by atoms with Crippen LogP contribution in [0.15, 0.2) is 85.0 Å². The van der Waals surface area contributed by atoms with Crippen LogP contribution in [0.3, 0.4) is 0 Å². The Morgan fingerprint density at radius 2 is 1.89 bits per heavy atom. The van der Waals surface area contributed by atoms with E-state index in [0.717, 1.165) is 50.4 Å². The molecule has 1 fully saturated rings. The van der Waals surface area contributed by atoms with Gasteiger partial charge in [0.1, 0.15) is 10.9 Å². The largest absolute Gasteiger partial charge is 0.380 e. The molecule has 4 aromatic rings. The summed E-state index contributed by atoms with van der Waals surface area (Å²) in [4.78, 5) is 24.4. The second-order valence-corrected chi connectivity index (χ2v) is 11.7. The van der Waals surface area contributed by atoms with Crippen molar-refractivity contribution in [2.24, 2.45) is 0 Å². The van der Waals surface area contributed by atoms with Gasteiger partial charge in [-0.05, 0) is 42.5 Å². The van der Waals surface area contributed by atoms with Crippen molar-refractivity contribution < 1.29 is 4.74 Å². The number of benzene rings is 2. The molecule has 0 aliphatic carbocycles. The van der Waals surface area contributed by atoms with E-state index >= 15 is 0 Å². The van der Waals surface area contributed by atoms with Gasteiger partial charge in [0, 0.05) is 67.1 Å². The monoisotopic (exact) mass is 530 g/mol. The van der Waals surface area contributed by atoms with Crippen LogP contribution in [0.25, 0.3) is 11.3 Å². The third-order valence-electron chi connectivity index (χ3n) is 6.09. The molecule has 0 atom stereocenters. The van der Waals surface area contributed by atoms with Crippen molar-refractivity contribution in [3.63, 3.8) is 0 Å². The highest BCUT2D eigenvalue weighted by molar-refractivity contribution is 8.05. The lowest BCUT2D eigenvalue weighted by Crippen LogP contribution is -2.36. The Hall–Kier alpha value is -3.16. The second kappa shape index (κ2) is 10.1. The number of nitrogens with zero attached hydrogens (tertiary/aromatic N) is 2. The number of aromatic amines is 1. The van der Waals surface area contributed by atoms with Gasteiger partial charge >= 0.3 is 0 Å². The van der Waals surface area contributed by atoms with Crippen LogP contribution in [0.4, 0.5) is 11.4 Å². The third kappa shape index (κ3) is 4.77. The minimum Gasteiger partial charge on any atom is -0.380 e. The SMILES string of the molecule is N#Cc1ccc(CNc2ccc3c(c2)Sc2cccc(-c4cc(N5CCOCC5)cc(=O)[nH]4)c2S3)s1. The molecule has 2 N–H and O–H groups in total. The summed E-state index contributed by atoms with van der Waals surface area (Å²) in [6.07, 6.45) is 0. The van der Waals surface area contributed by atoms with Gasteiger partial charge in [-0.25, -0.2) is 0 Å². The number of thiophene rings is 1. The van der Waals surface area contributed by atoms with Crippen LogP contribution in [0.1, 0.15) is 9.75 Å². The molecule has 0 spiro atoms. The molecule has 0 radical (unpaired) electrons. The van der Waals surface area contributed by atoms with Crippen molar-refractivity contribution >= 4 is 46.2 Å². The third-order valence-corrected chi connectivity index (χ3v) is 9.67. The Labute approximate surface area is 221 Å². The summed E-state index contributed by atoms with van der Waals surface area (Å²) in [7, 11) is 0. The molecule has 2 aromatic heterocycles. The quantitative estimate of drug-likeness (QED) is 0.287. The summed E-state index contributed by atoms with van der Waals surface area (Å²) in [6.45, 7) is 3.62. The molecule has 2 aromatic carbocycles. The fourth-order valence-corrected chi connectivity index (χ4v) is 7.48. The van der Waals surface area contributed by atoms with Crippen LogP contribution < -0.4 is 15.8 Å². The molecule has 6 nitrogen and oxygen atoms in total. The first-order valence-corrected chi connectivity index (χ1v) is 14.0. The van der Waals surface area contributed by atoms with Gasteiger partial charge in [-0.1, -0.05) is 35.7 Å². The number of anilines is 2. The normalized spacial score (nSPS) is 14.6. The number of nitriles is 1. The molecular weight excluding hydrogens is 509 g/mol. The molecular formula is C27H22N4O2S3. The van der Waals surface area contributed by atoms with Gasteiger partial charge in [-0.3, -0.25) is 4.79 Å². The van der Waals surface area contributed by atoms with Gasteiger partial charge in [0.25, 0.3) is 0 Å². The maximum atomic E-state index is 12.6. The zero-order valence-corrected chi connectivity index (χ0v) is 21.7. The first-order valence-electron chi connectivity index (χ1n) is 11.6. The lowest BCUT2D eigenvalue weighted by Gasteiger charge is -2.29. The van der Waals surface area contributed by atoms with E-state index in [4.69, 9.17) is 10.00 Å². The lowest BCUT2D eigenvalue weighted by atomic mass is 10.1. The summed E-state index contributed by atoms with van der Waals surface area (Å²) in [5.74, 6) is 0. The molecule has 2 aliphatic rings. The summed E-state index contributed by atoms with van der Waals surface area (Å²) < 4.78 is 5.48. The fraction of sp³-hybridized carbons (Fsp3) is 0.185. The topological polar surface area (TPSA) is 81.2 Å². The number of aromatic nitrogens is 1. The van der Waals surface area contributed by atoms with Gasteiger partial charge in [-0.2, -0.15) is 5.26 Å². The average Bonchev–Trinajstić information content (AvgIpc) is 3.38. The molecule has 0 saturated carbocycles. The molecule has 180 valence electrons. The van der Waals surface area contributed by atoms with Crippen LogP contribution in [0.2, 0.25) is 0 Å². The number of hydrogen-bond donors (Lipinski definition) is 2. The summed E-state index contributed by atoms with van der Waals surface area (Å²) >= 11 is 5.01. The average molecular weight is 531 g/mol. The Bertz CT molecular complexity index is 1530. The highest BCUT2D eigenvalue weighted by atomic mass is 32.2. The lowest BCUT2D eigenvalue weighted by molar-refractivity contribution is 0.122. The van der Waals surface area contributed by atoms with Crippen molar-refractivity contribution in [2.75, 3.05) is 36.5 Å². The number of pyridine rings is 1. The van der Waals surface area contributed by atoms with Gasteiger partial charge in [0.05, 0.1) is 18.9 Å². The Kier molecular flexibility index (Phi) is 6.50. The van der Waals surface area contributed by atoms with E-state index in [1.54, 1.807) is 29.6 Å². The standard InChI is InChI=1S/C27H22N4O2S3/c28-15-19-5-6-20(34-19)16-29-17-4-7-23-25(12-17)35-24-3-1-2-21(27(24)36-23)22-13-18(14-26(32)30-22)31-8-10-33-11-9-31/h1-7,12-14,29H,8-11,16H2,(H,30,32). The predicted octanol–water partition coefficient (Wildman–Crippen LogP) is 6.04. The number of fused-ring (bicyclic) bond motifs is 2. The Morgan fingerprint density at radius 3 is 2.72 bits per heavy atom. The van der Waals surface area contributed by atoms with Crippen molar-refractivity contribution in [1.82, 2.24) is 4.98 Å². The van der Waals surface area contributed by atoms with Crippen LogP contribution >= 0.6 is 34.9 Å². The van der Waals surface area contributed by atoms with Crippen LogP contribution in [-0.4, -0.2) is 31.3 Å². The molecule has 9 heteroatoms. The zero-order valence-electron chi connectivity index (χ0n) is 19.2. The fourth-order valence-electron chi connectivity index (χ4n) is 4.32. The minimum absolute atomic E-state index is 0.0937. The number of H-pyrrole nitrogens is 1. The Morgan fingerprint density at radius 1 is 1.00 bits per heavy atom. The number of rotatable bonds is 5. The number of ether oxygens (including phenoxy) is 1. The number of hydrogen-bond acceptors (Lipinski definition) is 8. The first kappa shape index (κ1) is 23.3. The van der Waals surface area contributed by atoms with Gasteiger partial charge in [0.2, 0.25) is 5.56 Å². The zero-order chi connectivity index (χ0) is 24.5. The number of nitrogens with one attached hydrogen (secondary N) is 2. The maximum Gasteiger partial charge on any atom is 0.250 e. The van der Waals surface area contributed by atoms with E-state index in [1.807, 2.05) is 12.1 Å². The van der Waals surface area contributed by atoms with Crippen molar-refractivity contribution in [3.05, 3.63) is 80.8 Å². The Balaban J connectivity index is 1.26. The van der Waals surface area contributed by atoms with E-state index in [9.17, 15) is 4.79 Å². The summed E-state index contributed by atoms with van der Waals surface area (Å²) in [5, 5.41) is 12.5. The molecule has 6 rings (SSSR count). The van der Waals surface area contributed by atoms with Crippen molar-refractivity contribution in [3.8, 4) is 17.3 Å². The summed E-state index contributed by atoms with van der Waals surface area (Å²) in [5.41, 5.74) is 3.77. The van der Waals surface area contributed by atoms with Crippen LogP contribution in [0.5, 0.6) is 0 Å². The van der Waals surface area contributed by atoms with Gasteiger partial charge in [0.15, 0.2) is 0 Å². The van der Waals surface area contributed by atoms with Crippen molar-refractivity contribution in [1.29, 1.82) is 5.26 Å². The van der Waals surface area contributed by atoms with E-state index in [0.29, 0.717) is 19.8 Å². The van der Waals surface area contributed by atoms with Crippen molar-refractivity contribution in [2.45, 2.75) is 26.1 Å². The minimum atomic E-state index is -0.0937. The maximum absolute atomic E-state index is 12.6. The van der Waals surface area contributed by atoms with E-state index in [2.05, 4.69) is 63.7 Å². The smallest absolute Gasteiger partial charge is 0.250 e. The predicted molar refractivity (Wildman–Crippen MR) is 147 cm³/mol. The molecule has 36 heavy (non-hydrogen) atoms.